The van der Waals surface area contributed by atoms with Crippen LogP contribution >= 0.6 is 23.1 Å². The van der Waals surface area contributed by atoms with Crippen molar-refractivity contribution in [3.05, 3.63) is 56.2 Å². The van der Waals surface area contributed by atoms with E-state index in [4.69, 9.17) is 4.98 Å². The number of carbonyl (C=O) groups is 1. The summed E-state index contributed by atoms with van der Waals surface area (Å²) < 4.78 is 1.60. The third-order valence-electron chi connectivity index (χ3n) is 5.20. The fraction of sp³-hybridized carbons (Fsp3) is 0.381. The number of fused-ring (bicyclic) bond motifs is 3. The number of aromatic nitrogens is 2. The molecule has 6 heteroatoms. The van der Waals surface area contributed by atoms with E-state index < -0.39 is 0 Å². The van der Waals surface area contributed by atoms with E-state index >= 15 is 0 Å². The molecular formula is C21H22N2O2S2. The number of benzene rings is 1. The molecule has 0 fully saturated rings. The van der Waals surface area contributed by atoms with Crippen LogP contribution < -0.4 is 5.56 Å². The molecule has 0 aliphatic heterocycles. The van der Waals surface area contributed by atoms with E-state index in [0.29, 0.717) is 10.7 Å². The fourth-order valence-corrected chi connectivity index (χ4v) is 5.82. The second-order valence-corrected chi connectivity index (χ2v) is 9.36. The molecule has 0 radical (unpaired) electrons. The lowest BCUT2D eigenvalue weighted by Gasteiger charge is -2.13. The topological polar surface area (TPSA) is 52.0 Å². The van der Waals surface area contributed by atoms with Crippen LogP contribution in [0.1, 0.15) is 46.6 Å². The predicted molar refractivity (Wildman–Crippen MR) is 112 cm³/mol. The maximum Gasteiger partial charge on any atom is 0.262 e. The van der Waals surface area contributed by atoms with Gasteiger partial charge in [-0.05, 0) is 43.7 Å². The molecule has 0 amide bonds. The zero-order chi connectivity index (χ0) is 19.1. The number of Topliss-reactive ketones (excluding diaryl/α,β-unsaturated/α-hetero) is 1. The van der Waals surface area contributed by atoms with Crippen molar-refractivity contribution in [2.45, 2.75) is 49.9 Å². The molecule has 0 bridgehead atoms. The van der Waals surface area contributed by atoms with Crippen molar-refractivity contribution in [1.29, 1.82) is 0 Å². The SMILES string of the molecule is CCc1ccc(C(=O)C(C)Sc2nc3sc4c(c3c(=O)n2C)CCC4)cc1. The number of thiophene rings is 1. The predicted octanol–water partition coefficient (Wildman–Crippen LogP) is 4.41. The molecule has 0 N–H and O–H groups in total. The van der Waals surface area contributed by atoms with E-state index in [1.54, 1.807) is 23.0 Å². The van der Waals surface area contributed by atoms with Gasteiger partial charge in [-0.15, -0.1) is 11.3 Å². The minimum Gasteiger partial charge on any atom is -0.293 e. The summed E-state index contributed by atoms with van der Waals surface area (Å²) in [5.74, 6) is 0.0608. The largest absolute Gasteiger partial charge is 0.293 e. The Morgan fingerprint density at radius 2 is 2.04 bits per heavy atom. The normalized spacial score (nSPS) is 14.5. The van der Waals surface area contributed by atoms with Crippen molar-refractivity contribution in [2.24, 2.45) is 7.05 Å². The smallest absolute Gasteiger partial charge is 0.262 e. The van der Waals surface area contributed by atoms with Crippen LogP contribution in [0.5, 0.6) is 0 Å². The van der Waals surface area contributed by atoms with Gasteiger partial charge in [-0.3, -0.25) is 14.2 Å². The van der Waals surface area contributed by atoms with Crippen molar-refractivity contribution in [1.82, 2.24) is 9.55 Å². The Kier molecular flexibility index (Phi) is 4.95. The van der Waals surface area contributed by atoms with Gasteiger partial charge in [0, 0.05) is 17.5 Å². The number of thioether (sulfide) groups is 1. The monoisotopic (exact) mass is 398 g/mol. The third kappa shape index (κ3) is 3.25. The zero-order valence-corrected chi connectivity index (χ0v) is 17.4. The summed E-state index contributed by atoms with van der Waals surface area (Å²) in [7, 11) is 1.75. The number of ketones is 1. The molecule has 1 aromatic carbocycles. The van der Waals surface area contributed by atoms with Crippen molar-refractivity contribution >= 4 is 39.1 Å². The lowest BCUT2D eigenvalue weighted by molar-refractivity contribution is 0.0994. The summed E-state index contributed by atoms with van der Waals surface area (Å²) in [6.07, 6.45) is 4.10. The second-order valence-electron chi connectivity index (χ2n) is 6.97. The first-order valence-corrected chi connectivity index (χ1v) is 11.0. The number of carbonyl (C=O) groups excluding carboxylic acids is 1. The van der Waals surface area contributed by atoms with Gasteiger partial charge in [0.2, 0.25) is 0 Å². The molecule has 2 aromatic heterocycles. The number of aryl methyl sites for hydroxylation is 3. The maximum absolute atomic E-state index is 12.9. The number of nitrogens with zero attached hydrogens (tertiary/aromatic N) is 2. The Balaban J connectivity index is 1.63. The summed E-state index contributed by atoms with van der Waals surface area (Å²) in [6.45, 7) is 3.98. The van der Waals surface area contributed by atoms with Crippen LogP contribution in [0, 0.1) is 0 Å². The molecular weight excluding hydrogens is 376 g/mol. The van der Waals surface area contributed by atoms with Crippen LogP contribution in [-0.4, -0.2) is 20.6 Å². The van der Waals surface area contributed by atoms with E-state index in [1.165, 1.54) is 27.8 Å². The highest BCUT2D eigenvalue weighted by Crippen LogP contribution is 2.36. The lowest BCUT2D eigenvalue weighted by Crippen LogP contribution is -2.22. The summed E-state index contributed by atoms with van der Waals surface area (Å²) in [6, 6.07) is 7.77. The van der Waals surface area contributed by atoms with Gasteiger partial charge in [0.05, 0.1) is 10.6 Å². The quantitative estimate of drug-likeness (QED) is 0.363. The number of rotatable bonds is 5. The Hall–Kier alpha value is -1.92. The first kappa shape index (κ1) is 18.4. The Morgan fingerprint density at radius 1 is 1.30 bits per heavy atom. The average Bonchev–Trinajstić information content (AvgIpc) is 3.26. The highest BCUT2D eigenvalue weighted by molar-refractivity contribution is 8.00. The van der Waals surface area contributed by atoms with E-state index in [0.717, 1.165) is 35.9 Å². The van der Waals surface area contributed by atoms with Crippen LogP contribution in [-0.2, 0) is 26.3 Å². The molecule has 1 atom stereocenters. The maximum atomic E-state index is 12.9. The van der Waals surface area contributed by atoms with Gasteiger partial charge >= 0.3 is 0 Å². The van der Waals surface area contributed by atoms with Gasteiger partial charge in [0.1, 0.15) is 4.83 Å². The van der Waals surface area contributed by atoms with Gasteiger partial charge in [-0.25, -0.2) is 4.98 Å². The molecule has 2 heterocycles. The number of hydrogen-bond donors (Lipinski definition) is 0. The van der Waals surface area contributed by atoms with Gasteiger partial charge in [-0.2, -0.15) is 0 Å². The Bertz CT molecular complexity index is 1080. The van der Waals surface area contributed by atoms with Crippen molar-refractivity contribution in [2.75, 3.05) is 0 Å². The van der Waals surface area contributed by atoms with Crippen molar-refractivity contribution in [3.8, 4) is 0 Å². The first-order valence-electron chi connectivity index (χ1n) is 9.30. The summed E-state index contributed by atoms with van der Waals surface area (Å²) in [5, 5.41) is 1.09. The highest BCUT2D eigenvalue weighted by Gasteiger charge is 2.24. The summed E-state index contributed by atoms with van der Waals surface area (Å²) in [4.78, 5) is 32.5. The minimum absolute atomic E-state index is 0.00819. The molecule has 4 rings (SSSR count). The molecule has 3 aromatic rings. The number of hydrogen-bond acceptors (Lipinski definition) is 5. The van der Waals surface area contributed by atoms with Gasteiger partial charge in [0.15, 0.2) is 10.9 Å². The van der Waals surface area contributed by atoms with Crippen LogP contribution in [0.25, 0.3) is 10.2 Å². The van der Waals surface area contributed by atoms with E-state index in [2.05, 4.69) is 6.92 Å². The average molecular weight is 399 g/mol. The van der Waals surface area contributed by atoms with Gasteiger partial charge in [-0.1, -0.05) is 43.0 Å². The molecule has 0 saturated heterocycles. The zero-order valence-electron chi connectivity index (χ0n) is 15.7. The third-order valence-corrected chi connectivity index (χ3v) is 7.53. The van der Waals surface area contributed by atoms with Crippen LogP contribution in [0.3, 0.4) is 0 Å². The Morgan fingerprint density at radius 3 is 2.74 bits per heavy atom. The fourth-order valence-electron chi connectivity index (χ4n) is 3.56. The van der Waals surface area contributed by atoms with Crippen LogP contribution in [0.15, 0.2) is 34.2 Å². The second kappa shape index (κ2) is 7.24. The summed E-state index contributed by atoms with van der Waals surface area (Å²) >= 11 is 3.00. The first-order chi connectivity index (χ1) is 13.0. The highest BCUT2D eigenvalue weighted by atomic mass is 32.2. The molecule has 27 heavy (non-hydrogen) atoms. The molecule has 0 spiro atoms. The van der Waals surface area contributed by atoms with Gasteiger partial charge < -0.3 is 0 Å². The lowest BCUT2D eigenvalue weighted by atomic mass is 10.1. The van der Waals surface area contributed by atoms with Crippen molar-refractivity contribution in [3.63, 3.8) is 0 Å². The van der Waals surface area contributed by atoms with E-state index in [-0.39, 0.29) is 16.6 Å². The minimum atomic E-state index is -0.306. The molecule has 4 nitrogen and oxygen atoms in total. The molecule has 1 aliphatic rings. The molecule has 0 saturated carbocycles. The summed E-state index contributed by atoms with van der Waals surface area (Å²) in [5.41, 5.74) is 3.12. The van der Waals surface area contributed by atoms with Crippen molar-refractivity contribution < 1.29 is 4.79 Å². The van der Waals surface area contributed by atoms with Gasteiger partial charge in [0.25, 0.3) is 5.56 Å². The molecule has 1 unspecified atom stereocenters. The van der Waals surface area contributed by atoms with Crippen LogP contribution in [0.2, 0.25) is 0 Å². The van der Waals surface area contributed by atoms with E-state index in [1.807, 2.05) is 31.2 Å². The standard InChI is InChI=1S/C21H22N2O2S2/c1-4-13-8-10-14(11-9-13)18(24)12(2)26-21-22-19-17(20(25)23(21)3)15-6-5-7-16(15)27-19/h8-12H,4-7H2,1-3H3. The molecule has 140 valence electrons. The molecule has 1 aliphatic carbocycles. The Labute approximate surface area is 166 Å². The van der Waals surface area contributed by atoms with Crippen LogP contribution in [0.4, 0.5) is 0 Å². The van der Waals surface area contributed by atoms with E-state index in [9.17, 15) is 9.59 Å².